The molecule has 1 N–H and O–H groups in total. The fourth-order valence-electron chi connectivity index (χ4n) is 3.42. The molecule has 0 amide bonds. The van der Waals surface area contributed by atoms with Crippen molar-refractivity contribution < 1.29 is 5.11 Å². The van der Waals surface area contributed by atoms with Crippen LogP contribution >= 0.6 is 15.9 Å². The Morgan fingerprint density at radius 2 is 2.11 bits per heavy atom. The lowest BCUT2D eigenvalue weighted by Crippen LogP contribution is -2.15. The molecule has 0 spiro atoms. The highest BCUT2D eigenvalue weighted by Gasteiger charge is 2.26. The fraction of sp³-hybridized carbons (Fsp3) is 0.625. The van der Waals surface area contributed by atoms with E-state index < -0.39 is 0 Å². The first kappa shape index (κ1) is 13.9. The van der Waals surface area contributed by atoms with Crippen molar-refractivity contribution in [2.24, 2.45) is 5.92 Å². The number of hydrogen-bond acceptors (Lipinski definition) is 1. The number of hydrogen-bond donors (Lipinski definition) is 1. The molecule has 0 heterocycles. The molecule has 18 heavy (non-hydrogen) atoms. The Morgan fingerprint density at radius 3 is 2.83 bits per heavy atom. The molecule has 0 aromatic heterocycles. The molecule has 2 rings (SSSR count). The third-order valence-corrected chi connectivity index (χ3v) is 4.91. The minimum absolute atomic E-state index is 0.470. The van der Waals surface area contributed by atoms with Gasteiger partial charge in [-0.15, -0.1) is 0 Å². The van der Waals surface area contributed by atoms with Gasteiger partial charge in [-0.3, -0.25) is 0 Å². The third-order valence-electron chi connectivity index (χ3n) is 4.27. The zero-order valence-corrected chi connectivity index (χ0v) is 13.0. The molecule has 0 saturated heterocycles. The zero-order chi connectivity index (χ0) is 13.1. The number of halogens is 1. The molecule has 1 fully saturated rings. The molecule has 1 aromatic rings. The molecule has 0 bridgehead atoms. The van der Waals surface area contributed by atoms with Gasteiger partial charge in [-0.25, -0.2) is 0 Å². The van der Waals surface area contributed by atoms with Crippen LogP contribution in [0.5, 0.6) is 5.75 Å². The number of aryl methyl sites for hydroxylation is 1. The van der Waals surface area contributed by atoms with Gasteiger partial charge in [0.05, 0.1) is 4.47 Å². The van der Waals surface area contributed by atoms with Crippen LogP contribution in [0.2, 0.25) is 0 Å². The van der Waals surface area contributed by atoms with Crippen LogP contribution < -0.4 is 0 Å². The maximum atomic E-state index is 10.3. The van der Waals surface area contributed by atoms with E-state index in [2.05, 4.69) is 35.8 Å². The summed E-state index contributed by atoms with van der Waals surface area (Å²) in [5.74, 6) is 1.87. The van der Waals surface area contributed by atoms with E-state index in [1.54, 1.807) is 0 Å². The van der Waals surface area contributed by atoms with Crippen LogP contribution in [0.25, 0.3) is 0 Å². The molecule has 2 heteroatoms. The normalized spacial score (nSPS) is 24.2. The molecular formula is C16H23BrO. The lowest BCUT2D eigenvalue weighted by Gasteiger charge is -2.30. The van der Waals surface area contributed by atoms with Gasteiger partial charge < -0.3 is 5.11 Å². The van der Waals surface area contributed by atoms with Gasteiger partial charge in [0.1, 0.15) is 5.75 Å². The Kier molecular flexibility index (Phi) is 4.71. The molecule has 1 aromatic carbocycles. The Hall–Kier alpha value is -0.500. The van der Waals surface area contributed by atoms with Gasteiger partial charge in [-0.05, 0) is 59.2 Å². The Balaban J connectivity index is 2.23. The summed E-state index contributed by atoms with van der Waals surface area (Å²) in [7, 11) is 0. The first-order valence-corrected chi connectivity index (χ1v) is 7.90. The second kappa shape index (κ2) is 6.10. The number of phenols is 1. The van der Waals surface area contributed by atoms with Crippen LogP contribution in [0.4, 0.5) is 0 Å². The summed E-state index contributed by atoms with van der Waals surface area (Å²) in [5.41, 5.74) is 2.42. The van der Waals surface area contributed by atoms with Crippen molar-refractivity contribution in [3.8, 4) is 5.75 Å². The van der Waals surface area contributed by atoms with Gasteiger partial charge in [-0.2, -0.15) is 0 Å². The van der Waals surface area contributed by atoms with E-state index in [0.717, 1.165) is 10.4 Å². The average molecular weight is 311 g/mol. The lowest BCUT2D eigenvalue weighted by atomic mass is 9.75. The van der Waals surface area contributed by atoms with Gasteiger partial charge >= 0.3 is 0 Å². The van der Waals surface area contributed by atoms with Crippen molar-refractivity contribution in [2.45, 2.75) is 58.3 Å². The average Bonchev–Trinajstić information content (AvgIpc) is 2.35. The highest BCUT2D eigenvalue weighted by molar-refractivity contribution is 9.10. The van der Waals surface area contributed by atoms with Crippen LogP contribution in [-0.4, -0.2) is 5.11 Å². The molecule has 0 radical (unpaired) electrons. The summed E-state index contributed by atoms with van der Waals surface area (Å²) >= 11 is 3.44. The van der Waals surface area contributed by atoms with E-state index in [1.165, 1.54) is 49.7 Å². The smallest absolute Gasteiger partial charge is 0.133 e. The van der Waals surface area contributed by atoms with Gasteiger partial charge in [0.15, 0.2) is 0 Å². The molecular weight excluding hydrogens is 288 g/mol. The van der Waals surface area contributed by atoms with E-state index >= 15 is 0 Å². The molecule has 2 atom stereocenters. The molecule has 100 valence electrons. The van der Waals surface area contributed by atoms with E-state index in [-0.39, 0.29) is 0 Å². The maximum absolute atomic E-state index is 10.3. The summed E-state index contributed by atoms with van der Waals surface area (Å²) in [4.78, 5) is 0. The molecule has 0 aliphatic heterocycles. The molecule has 1 aliphatic rings. The van der Waals surface area contributed by atoms with Crippen molar-refractivity contribution in [2.75, 3.05) is 0 Å². The fourth-order valence-corrected chi connectivity index (χ4v) is 3.77. The van der Waals surface area contributed by atoms with E-state index in [1.807, 2.05) is 6.07 Å². The number of benzene rings is 1. The van der Waals surface area contributed by atoms with Crippen LogP contribution in [-0.2, 0) is 0 Å². The highest BCUT2D eigenvalue weighted by atomic mass is 79.9. The first-order chi connectivity index (χ1) is 8.63. The summed E-state index contributed by atoms with van der Waals surface area (Å²) in [5, 5.41) is 10.3. The van der Waals surface area contributed by atoms with Crippen molar-refractivity contribution in [1.29, 1.82) is 0 Å². The summed E-state index contributed by atoms with van der Waals surface area (Å²) < 4.78 is 0.834. The largest absolute Gasteiger partial charge is 0.506 e. The SMILES string of the molecule is CCC[C@H]1CCC[C@H](c2c(C)ccc(Br)c2O)C1. The van der Waals surface area contributed by atoms with Crippen molar-refractivity contribution >= 4 is 15.9 Å². The van der Waals surface area contributed by atoms with Crippen molar-refractivity contribution in [3.05, 3.63) is 27.7 Å². The molecule has 1 aliphatic carbocycles. The molecule has 1 nitrogen and oxygen atoms in total. The monoisotopic (exact) mass is 310 g/mol. The van der Waals surface area contributed by atoms with Crippen molar-refractivity contribution in [1.82, 2.24) is 0 Å². The minimum atomic E-state index is 0.470. The van der Waals surface area contributed by atoms with Crippen LogP contribution in [0, 0.1) is 12.8 Å². The summed E-state index contributed by atoms with van der Waals surface area (Å²) in [6.45, 7) is 4.39. The first-order valence-electron chi connectivity index (χ1n) is 7.11. The summed E-state index contributed by atoms with van der Waals surface area (Å²) in [6, 6.07) is 4.06. The van der Waals surface area contributed by atoms with Gasteiger partial charge in [-0.1, -0.05) is 38.7 Å². The van der Waals surface area contributed by atoms with E-state index in [9.17, 15) is 5.11 Å². The second-order valence-corrected chi connectivity index (χ2v) is 6.50. The molecule has 1 saturated carbocycles. The topological polar surface area (TPSA) is 20.2 Å². The number of rotatable bonds is 3. The lowest BCUT2D eigenvalue weighted by molar-refractivity contribution is 0.298. The Morgan fingerprint density at radius 1 is 1.33 bits per heavy atom. The maximum Gasteiger partial charge on any atom is 0.133 e. The van der Waals surface area contributed by atoms with Gasteiger partial charge in [0, 0.05) is 5.56 Å². The quantitative estimate of drug-likeness (QED) is 0.777. The van der Waals surface area contributed by atoms with Gasteiger partial charge in [0.25, 0.3) is 0 Å². The minimum Gasteiger partial charge on any atom is -0.506 e. The van der Waals surface area contributed by atoms with E-state index in [4.69, 9.17) is 0 Å². The summed E-state index contributed by atoms with van der Waals surface area (Å²) in [6.07, 6.45) is 7.77. The predicted octanol–water partition coefficient (Wildman–Crippen LogP) is 5.54. The van der Waals surface area contributed by atoms with Crippen molar-refractivity contribution in [3.63, 3.8) is 0 Å². The third kappa shape index (κ3) is 2.90. The predicted molar refractivity (Wildman–Crippen MR) is 80.2 cm³/mol. The van der Waals surface area contributed by atoms with Gasteiger partial charge in [0.2, 0.25) is 0 Å². The van der Waals surface area contributed by atoms with Crippen LogP contribution in [0.15, 0.2) is 16.6 Å². The van der Waals surface area contributed by atoms with Crippen LogP contribution in [0.3, 0.4) is 0 Å². The Bertz CT molecular complexity index is 412. The highest BCUT2D eigenvalue weighted by Crippen LogP contribution is 2.44. The van der Waals surface area contributed by atoms with E-state index in [0.29, 0.717) is 11.7 Å². The second-order valence-electron chi connectivity index (χ2n) is 5.64. The van der Waals surface area contributed by atoms with Crippen LogP contribution in [0.1, 0.15) is 62.5 Å². The number of phenolic OH excluding ortho intramolecular Hbond substituents is 1. The number of aromatic hydroxyl groups is 1. The molecule has 0 unspecified atom stereocenters. The standard InChI is InChI=1S/C16H23BrO/c1-3-5-12-6-4-7-13(10-12)15-11(2)8-9-14(17)16(15)18/h8-9,12-13,18H,3-7,10H2,1-2H3/t12-,13-/m0/s1. The zero-order valence-electron chi connectivity index (χ0n) is 11.4. The Labute approximate surface area is 119 Å².